The standard InChI is InChI=1S/C11H10N2O3S/c12-13-10(11(15)16)9(14)7-17-6-8-4-2-1-3-5-8/h1-5,12H,6-7H2. The van der Waals surface area contributed by atoms with Crippen LogP contribution in [0, 0.1) is 5.53 Å². The third-order valence-electron chi connectivity index (χ3n) is 1.91. The van der Waals surface area contributed by atoms with E-state index in [-0.39, 0.29) is 5.75 Å². The van der Waals surface area contributed by atoms with E-state index in [0.29, 0.717) is 5.75 Å². The molecule has 6 heteroatoms. The van der Waals surface area contributed by atoms with Crippen LogP contribution in [0.3, 0.4) is 0 Å². The molecular weight excluding hydrogens is 240 g/mol. The largest absolute Gasteiger partial charge is 0.538 e. The molecule has 1 aromatic carbocycles. The number of carbonyl (C=O) groups is 2. The van der Waals surface area contributed by atoms with Crippen LogP contribution in [0.2, 0.25) is 0 Å². The number of hydrogen-bond acceptors (Lipinski definition) is 5. The molecule has 0 radical (unpaired) electrons. The van der Waals surface area contributed by atoms with Gasteiger partial charge in [0, 0.05) is 5.75 Å². The summed E-state index contributed by atoms with van der Waals surface area (Å²) in [6.07, 6.45) is 0. The smallest absolute Gasteiger partial charge is 0.430 e. The fourth-order valence-corrected chi connectivity index (χ4v) is 1.98. The van der Waals surface area contributed by atoms with Gasteiger partial charge in [-0.15, -0.1) is 11.8 Å². The zero-order valence-corrected chi connectivity index (χ0v) is 9.70. The zero-order chi connectivity index (χ0) is 12.7. The van der Waals surface area contributed by atoms with Crippen LogP contribution in [0.1, 0.15) is 5.56 Å². The number of hydrogen-bond donors (Lipinski definition) is 1. The maximum atomic E-state index is 11.3. The van der Waals surface area contributed by atoms with Crippen molar-refractivity contribution < 1.29 is 19.5 Å². The predicted molar refractivity (Wildman–Crippen MR) is 60.6 cm³/mol. The Morgan fingerprint density at radius 1 is 1.29 bits per heavy atom. The number of Topliss-reactive ketones (excluding diaryl/α,β-unsaturated/α-hetero) is 1. The minimum Gasteiger partial charge on any atom is -0.538 e. The van der Waals surface area contributed by atoms with Crippen LogP contribution in [0.4, 0.5) is 0 Å². The lowest BCUT2D eigenvalue weighted by Crippen LogP contribution is -2.38. The molecule has 0 aliphatic rings. The predicted octanol–water partition coefficient (Wildman–Crippen LogP) is -0.0810. The minimum absolute atomic E-state index is 0.0272. The summed E-state index contributed by atoms with van der Waals surface area (Å²) >= 11 is 1.27. The monoisotopic (exact) mass is 250 g/mol. The first-order valence-corrected chi connectivity index (χ1v) is 5.91. The topological polar surface area (TPSA) is 95.2 Å². The molecule has 0 heterocycles. The average Bonchev–Trinajstić information content (AvgIpc) is 2.30. The van der Waals surface area contributed by atoms with Crippen molar-refractivity contribution in [1.29, 1.82) is 5.53 Å². The Bertz CT molecular complexity index is 467. The summed E-state index contributed by atoms with van der Waals surface area (Å²) in [5, 5.41) is 10.4. The number of benzene rings is 1. The van der Waals surface area contributed by atoms with Gasteiger partial charge in [-0.2, -0.15) is 0 Å². The van der Waals surface area contributed by atoms with Crippen molar-refractivity contribution in [1.82, 2.24) is 0 Å². The molecule has 1 aromatic rings. The first-order chi connectivity index (χ1) is 8.15. The van der Waals surface area contributed by atoms with E-state index in [2.05, 4.69) is 4.79 Å². The number of nitrogens with one attached hydrogen (secondary N) is 1. The molecule has 17 heavy (non-hydrogen) atoms. The fraction of sp³-hybridized carbons (Fsp3) is 0.182. The summed E-state index contributed by atoms with van der Waals surface area (Å²) in [5.74, 6) is -1.82. The Morgan fingerprint density at radius 2 is 1.94 bits per heavy atom. The molecule has 0 fully saturated rings. The van der Waals surface area contributed by atoms with Crippen LogP contribution in [0.15, 0.2) is 30.3 Å². The van der Waals surface area contributed by atoms with Crippen molar-refractivity contribution in [3.05, 3.63) is 35.9 Å². The van der Waals surface area contributed by atoms with E-state index in [0.717, 1.165) is 5.56 Å². The molecule has 88 valence electrons. The third kappa shape index (κ3) is 4.22. The Labute approximate surface area is 102 Å². The van der Waals surface area contributed by atoms with E-state index in [4.69, 9.17) is 5.53 Å². The SMILES string of the molecule is N=[N+]=C(C(=O)[O-])C(=O)CSCc1ccccc1. The van der Waals surface area contributed by atoms with E-state index in [1.165, 1.54) is 11.8 Å². The van der Waals surface area contributed by atoms with Gasteiger partial charge in [0.25, 0.3) is 5.78 Å². The number of ketones is 1. The molecule has 1 rings (SSSR count). The van der Waals surface area contributed by atoms with Crippen molar-refractivity contribution in [3.63, 3.8) is 0 Å². The normalized spacial score (nSPS) is 9.41. The third-order valence-corrected chi connectivity index (χ3v) is 2.92. The molecule has 0 aromatic heterocycles. The summed E-state index contributed by atoms with van der Waals surface area (Å²) in [4.78, 5) is 24.4. The van der Waals surface area contributed by atoms with E-state index < -0.39 is 17.5 Å². The molecule has 5 nitrogen and oxygen atoms in total. The van der Waals surface area contributed by atoms with E-state index in [9.17, 15) is 14.7 Å². The molecule has 1 N–H and O–H groups in total. The second-order valence-corrected chi connectivity index (χ2v) is 4.14. The number of thioether (sulfide) groups is 1. The van der Waals surface area contributed by atoms with Gasteiger partial charge >= 0.3 is 5.71 Å². The summed E-state index contributed by atoms with van der Waals surface area (Å²) in [6, 6.07) is 9.48. The number of aliphatic carboxylic acids is 1. The van der Waals surface area contributed by atoms with Gasteiger partial charge in [0.2, 0.25) is 0 Å². The Hall–Kier alpha value is -1.91. The highest BCUT2D eigenvalue weighted by Crippen LogP contribution is 2.11. The molecule has 0 aliphatic heterocycles. The number of nitrogens with zero attached hydrogens (tertiary/aromatic N) is 1. The molecule has 0 atom stereocenters. The van der Waals surface area contributed by atoms with Crippen LogP contribution in [-0.4, -0.2) is 28.0 Å². The Kier molecular flexibility index (Phi) is 5.13. The summed E-state index contributed by atoms with van der Waals surface area (Å²) in [5.41, 5.74) is 6.77. The fourth-order valence-electron chi connectivity index (χ4n) is 1.13. The van der Waals surface area contributed by atoms with Gasteiger partial charge in [-0.3, -0.25) is 4.79 Å². The lowest BCUT2D eigenvalue weighted by molar-refractivity contribution is -0.298. The molecule has 0 aliphatic carbocycles. The second kappa shape index (κ2) is 6.62. The van der Waals surface area contributed by atoms with Gasteiger partial charge in [0.15, 0.2) is 5.97 Å². The van der Waals surface area contributed by atoms with Crippen LogP contribution in [0.5, 0.6) is 0 Å². The first kappa shape index (κ1) is 13.2. The van der Waals surface area contributed by atoms with Gasteiger partial charge in [-0.1, -0.05) is 30.3 Å². The van der Waals surface area contributed by atoms with Gasteiger partial charge < -0.3 is 9.90 Å². The molecule has 0 bridgehead atoms. The minimum atomic E-state index is -1.70. The number of carboxylic acid groups (broad SMARTS) is 1. The highest BCUT2D eigenvalue weighted by Gasteiger charge is 2.23. The van der Waals surface area contributed by atoms with Crippen LogP contribution < -0.4 is 5.11 Å². The maximum Gasteiger partial charge on any atom is 0.430 e. The van der Waals surface area contributed by atoms with Crippen molar-refractivity contribution in [2.75, 3.05) is 5.75 Å². The molecule has 0 spiro atoms. The van der Waals surface area contributed by atoms with Crippen LogP contribution >= 0.6 is 11.8 Å². The number of rotatable bonds is 6. The molecule has 0 saturated heterocycles. The quantitative estimate of drug-likeness (QED) is 0.330. The van der Waals surface area contributed by atoms with Crippen LogP contribution in [-0.2, 0) is 15.3 Å². The highest BCUT2D eigenvalue weighted by molar-refractivity contribution is 7.99. The van der Waals surface area contributed by atoms with Crippen molar-refractivity contribution in [3.8, 4) is 0 Å². The highest BCUT2D eigenvalue weighted by atomic mass is 32.2. The van der Waals surface area contributed by atoms with Gasteiger partial charge in [-0.25, -0.2) is 0 Å². The van der Waals surface area contributed by atoms with Gasteiger partial charge in [-0.05, 0) is 5.56 Å². The Balaban J connectivity index is 2.45. The van der Waals surface area contributed by atoms with Gasteiger partial charge in [0.1, 0.15) is 0 Å². The van der Waals surface area contributed by atoms with Crippen molar-refractivity contribution in [2.45, 2.75) is 5.75 Å². The number of carboxylic acids is 1. The van der Waals surface area contributed by atoms with E-state index >= 15 is 0 Å². The zero-order valence-electron chi connectivity index (χ0n) is 8.88. The molecule has 0 saturated carbocycles. The van der Waals surface area contributed by atoms with Crippen molar-refractivity contribution in [2.24, 2.45) is 0 Å². The summed E-state index contributed by atoms with van der Waals surface area (Å²) < 4.78 is 0. The molecule has 0 unspecified atom stereocenters. The lowest BCUT2D eigenvalue weighted by Gasteiger charge is -1.99. The Morgan fingerprint density at radius 3 is 2.47 bits per heavy atom. The molecular formula is C11H10N2O3S. The summed E-state index contributed by atoms with van der Waals surface area (Å²) in [6.45, 7) is 0. The first-order valence-electron chi connectivity index (χ1n) is 4.75. The second-order valence-electron chi connectivity index (χ2n) is 3.15. The lowest BCUT2D eigenvalue weighted by atomic mass is 10.2. The average molecular weight is 250 g/mol. The maximum absolute atomic E-state index is 11.3. The number of carbonyl (C=O) groups excluding carboxylic acids is 2. The molecule has 0 amide bonds. The van der Waals surface area contributed by atoms with E-state index in [1.807, 2.05) is 30.3 Å². The van der Waals surface area contributed by atoms with Crippen LogP contribution in [0.25, 0.3) is 0 Å². The van der Waals surface area contributed by atoms with Crippen molar-refractivity contribution >= 4 is 29.2 Å². The summed E-state index contributed by atoms with van der Waals surface area (Å²) in [7, 11) is 0. The van der Waals surface area contributed by atoms with Gasteiger partial charge in [0.05, 0.1) is 16.1 Å². The van der Waals surface area contributed by atoms with E-state index in [1.54, 1.807) is 0 Å².